The molecule has 0 fully saturated rings. The van der Waals surface area contributed by atoms with Gasteiger partial charge in [0.25, 0.3) is 0 Å². The highest BCUT2D eigenvalue weighted by Gasteiger charge is 2.16. The van der Waals surface area contributed by atoms with Crippen LogP contribution in [0.2, 0.25) is 10.0 Å². The zero-order valence-electron chi connectivity index (χ0n) is 15.3. The van der Waals surface area contributed by atoms with Crippen LogP contribution in [-0.4, -0.2) is 18.1 Å². The Bertz CT molecular complexity index is 1170. The van der Waals surface area contributed by atoms with Gasteiger partial charge < -0.3 is 13.9 Å². The molecule has 0 spiro atoms. The van der Waals surface area contributed by atoms with E-state index in [9.17, 15) is 4.79 Å². The molecule has 146 valence electrons. The largest absolute Gasteiger partial charge is 0.486 e. The lowest BCUT2D eigenvalue weighted by Gasteiger charge is -2.11. The molecule has 0 bridgehead atoms. The third kappa shape index (κ3) is 4.06. The van der Waals surface area contributed by atoms with Crippen LogP contribution in [0.4, 0.5) is 0 Å². The maximum atomic E-state index is 11.7. The van der Waals surface area contributed by atoms with Crippen molar-refractivity contribution in [2.24, 2.45) is 0 Å². The summed E-state index contributed by atoms with van der Waals surface area (Å²) in [5.41, 5.74) is 3.04. The lowest BCUT2D eigenvalue weighted by molar-refractivity contribution is 0.0601. The molecule has 1 aromatic heterocycles. The number of fused-ring (bicyclic) bond motifs is 1. The van der Waals surface area contributed by atoms with E-state index in [2.05, 4.69) is 4.98 Å². The highest BCUT2D eigenvalue weighted by molar-refractivity contribution is 6.37. The predicted octanol–water partition coefficient (Wildman–Crippen LogP) is 6.17. The van der Waals surface area contributed by atoms with Crippen molar-refractivity contribution in [3.05, 3.63) is 81.8 Å². The molecule has 0 saturated heterocycles. The second kappa shape index (κ2) is 8.15. The number of hydrogen-bond acceptors (Lipinski definition) is 5. The number of rotatable bonds is 5. The van der Waals surface area contributed by atoms with Crippen molar-refractivity contribution in [1.29, 1.82) is 0 Å². The fraction of sp³-hybridized carbons (Fsp3) is 0.0909. The average molecular weight is 428 g/mol. The van der Waals surface area contributed by atoms with E-state index in [0.717, 1.165) is 5.56 Å². The SMILES string of the molecule is COC(=O)c1ccc2nc(-c3cc(Cl)c(OCc4ccccc4)c(Cl)c3)oc2c1. The first-order chi connectivity index (χ1) is 14.0. The fourth-order valence-electron chi connectivity index (χ4n) is 2.84. The standard InChI is InChI=1S/C22H15Cl2NO4/c1-27-22(26)14-7-8-18-19(11-14)29-21(25-18)15-9-16(23)20(17(24)10-15)28-12-13-5-3-2-4-6-13/h2-11H,12H2,1H3. The minimum Gasteiger partial charge on any atom is -0.486 e. The van der Waals surface area contributed by atoms with E-state index in [1.54, 1.807) is 30.3 Å². The average Bonchev–Trinajstić information content (AvgIpc) is 3.16. The number of halogens is 2. The molecule has 29 heavy (non-hydrogen) atoms. The summed E-state index contributed by atoms with van der Waals surface area (Å²) in [7, 11) is 1.32. The second-order valence-corrected chi connectivity index (χ2v) is 7.05. The van der Waals surface area contributed by atoms with E-state index in [4.69, 9.17) is 37.1 Å². The van der Waals surface area contributed by atoms with Gasteiger partial charge in [0.1, 0.15) is 12.1 Å². The number of oxazole rings is 1. The maximum absolute atomic E-state index is 11.7. The molecule has 3 aromatic carbocycles. The molecular formula is C22H15Cl2NO4. The van der Waals surface area contributed by atoms with Crippen LogP contribution < -0.4 is 4.74 Å². The highest BCUT2D eigenvalue weighted by atomic mass is 35.5. The van der Waals surface area contributed by atoms with E-state index >= 15 is 0 Å². The molecule has 5 nitrogen and oxygen atoms in total. The molecule has 0 aliphatic carbocycles. The first-order valence-electron chi connectivity index (χ1n) is 8.70. The van der Waals surface area contributed by atoms with Crippen molar-refractivity contribution >= 4 is 40.3 Å². The molecule has 4 aromatic rings. The Morgan fingerprint density at radius 2 is 1.76 bits per heavy atom. The van der Waals surface area contributed by atoms with Gasteiger partial charge in [-0.05, 0) is 35.9 Å². The molecule has 0 amide bonds. The summed E-state index contributed by atoms with van der Waals surface area (Å²) in [5, 5.41) is 0.696. The zero-order valence-corrected chi connectivity index (χ0v) is 16.8. The van der Waals surface area contributed by atoms with Crippen LogP contribution in [0.25, 0.3) is 22.6 Å². The third-order valence-corrected chi connectivity index (χ3v) is 4.84. The Kier molecular flexibility index (Phi) is 5.43. The molecule has 1 heterocycles. The van der Waals surface area contributed by atoms with Gasteiger partial charge in [0, 0.05) is 5.56 Å². The van der Waals surface area contributed by atoms with Crippen molar-refractivity contribution in [2.45, 2.75) is 6.61 Å². The summed E-state index contributed by atoms with van der Waals surface area (Å²) in [6.45, 7) is 0.346. The summed E-state index contributed by atoms with van der Waals surface area (Å²) in [5.74, 6) is 0.279. The second-order valence-electron chi connectivity index (χ2n) is 6.24. The number of aromatic nitrogens is 1. The Balaban J connectivity index is 1.62. The van der Waals surface area contributed by atoms with Crippen molar-refractivity contribution in [2.75, 3.05) is 7.11 Å². The highest BCUT2D eigenvalue weighted by Crippen LogP contribution is 2.38. The summed E-state index contributed by atoms with van der Waals surface area (Å²) in [6.07, 6.45) is 0. The van der Waals surface area contributed by atoms with Crippen LogP contribution in [0.15, 0.2) is 65.1 Å². The van der Waals surface area contributed by atoms with Crippen LogP contribution in [0.5, 0.6) is 5.75 Å². The molecule has 0 aliphatic rings. The predicted molar refractivity (Wildman–Crippen MR) is 112 cm³/mol. The molecule has 0 aliphatic heterocycles. The molecule has 0 atom stereocenters. The minimum absolute atomic E-state index is 0.334. The fourth-order valence-corrected chi connectivity index (χ4v) is 3.44. The molecule has 0 saturated carbocycles. The molecule has 7 heteroatoms. The molecule has 0 radical (unpaired) electrons. The van der Waals surface area contributed by atoms with Crippen molar-refractivity contribution < 1.29 is 18.7 Å². The number of ether oxygens (including phenoxy) is 2. The lowest BCUT2D eigenvalue weighted by Crippen LogP contribution is -2.00. The van der Waals surface area contributed by atoms with E-state index in [1.165, 1.54) is 7.11 Å². The number of benzene rings is 3. The smallest absolute Gasteiger partial charge is 0.337 e. The topological polar surface area (TPSA) is 61.6 Å². The number of carbonyl (C=O) groups excluding carboxylic acids is 1. The van der Waals surface area contributed by atoms with Gasteiger partial charge in [0.15, 0.2) is 11.3 Å². The summed E-state index contributed by atoms with van der Waals surface area (Å²) in [4.78, 5) is 16.1. The number of carbonyl (C=O) groups is 1. The Morgan fingerprint density at radius 3 is 2.45 bits per heavy atom. The van der Waals surface area contributed by atoms with Gasteiger partial charge in [-0.1, -0.05) is 53.5 Å². The van der Waals surface area contributed by atoms with Crippen LogP contribution in [0, 0.1) is 0 Å². The van der Waals surface area contributed by atoms with Gasteiger partial charge in [0.2, 0.25) is 5.89 Å². The van der Waals surface area contributed by atoms with Gasteiger partial charge in [-0.3, -0.25) is 0 Å². The van der Waals surface area contributed by atoms with Crippen LogP contribution in [-0.2, 0) is 11.3 Å². The zero-order chi connectivity index (χ0) is 20.4. The lowest BCUT2D eigenvalue weighted by atomic mass is 10.2. The molecule has 4 rings (SSSR count). The monoisotopic (exact) mass is 427 g/mol. The molecular weight excluding hydrogens is 413 g/mol. The van der Waals surface area contributed by atoms with E-state index < -0.39 is 5.97 Å². The van der Waals surface area contributed by atoms with Gasteiger partial charge in [-0.25, -0.2) is 9.78 Å². The maximum Gasteiger partial charge on any atom is 0.337 e. The van der Waals surface area contributed by atoms with Crippen molar-refractivity contribution in [1.82, 2.24) is 4.98 Å². The first-order valence-corrected chi connectivity index (χ1v) is 9.46. The summed E-state index contributed by atoms with van der Waals surface area (Å²) < 4.78 is 16.3. The molecule has 0 unspecified atom stereocenters. The van der Waals surface area contributed by atoms with E-state index in [-0.39, 0.29) is 0 Å². The quantitative estimate of drug-likeness (QED) is 0.356. The van der Waals surface area contributed by atoms with Crippen LogP contribution in [0.3, 0.4) is 0 Å². The van der Waals surface area contributed by atoms with Crippen molar-refractivity contribution in [3.8, 4) is 17.2 Å². The van der Waals surface area contributed by atoms with Crippen LogP contribution >= 0.6 is 23.2 Å². The number of methoxy groups -OCH3 is 1. The third-order valence-electron chi connectivity index (χ3n) is 4.28. The van der Waals surface area contributed by atoms with Gasteiger partial charge in [-0.2, -0.15) is 0 Å². The molecule has 0 N–H and O–H groups in total. The van der Waals surface area contributed by atoms with Crippen LogP contribution in [0.1, 0.15) is 15.9 Å². The van der Waals surface area contributed by atoms with Gasteiger partial charge >= 0.3 is 5.97 Å². The Morgan fingerprint density at radius 1 is 1.03 bits per heavy atom. The Labute approximate surface area is 176 Å². The van der Waals surface area contributed by atoms with Gasteiger partial charge in [0.05, 0.1) is 22.7 Å². The summed E-state index contributed by atoms with van der Waals surface area (Å²) in [6, 6.07) is 18.0. The van der Waals surface area contributed by atoms with E-state index in [0.29, 0.717) is 50.5 Å². The van der Waals surface area contributed by atoms with Crippen molar-refractivity contribution in [3.63, 3.8) is 0 Å². The summed E-state index contributed by atoms with van der Waals surface area (Å²) >= 11 is 12.8. The number of esters is 1. The van der Waals surface area contributed by atoms with E-state index in [1.807, 2.05) is 30.3 Å². The normalized spacial score (nSPS) is 10.9. The number of nitrogens with zero attached hydrogens (tertiary/aromatic N) is 1. The number of hydrogen-bond donors (Lipinski definition) is 0. The first kappa shape index (κ1) is 19.3. The van der Waals surface area contributed by atoms with Gasteiger partial charge in [-0.15, -0.1) is 0 Å². The Hall–Kier alpha value is -3.02. The minimum atomic E-state index is -0.448.